The molecule has 2 aromatic rings. The summed E-state index contributed by atoms with van der Waals surface area (Å²) in [6.45, 7) is 1.99. The van der Waals surface area contributed by atoms with Crippen molar-refractivity contribution in [2.75, 3.05) is 5.32 Å². The second kappa shape index (κ2) is 4.53. The first-order valence-electron chi connectivity index (χ1n) is 6.50. The maximum Gasteiger partial charge on any atom is 0.156 e. The van der Waals surface area contributed by atoms with Crippen LogP contribution in [0.2, 0.25) is 0 Å². The van der Waals surface area contributed by atoms with Gasteiger partial charge in [0.1, 0.15) is 0 Å². The largest absolute Gasteiger partial charge is 0.364 e. The summed E-state index contributed by atoms with van der Waals surface area (Å²) in [5, 5.41) is 14.3. The van der Waals surface area contributed by atoms with E-state index in [9.17, 15) is 0 Å². The molecule has 0 amide bonds. The van der Waals surface area contributed by atoms with Gasteiger partial charge in [-0.1, -0.05) is 24.3 Å². The van der Waals surface area contributed by atoms with E-state index in [0.717, 1.165) is 35.1 Å². The van der Waals surface area contributed by atoms with Gasteiger partial charge in [-0.25, -0.2) is 0 Å². The zero-order valence-electron chi connectivity index (χ0n) is 10.6. The van der Waals surface area contributed by atoms with Gasteiger partial charge in [-0.05, 0) is 26.2 Å². The molecule has 1 aromatic carbocycles. The number of nitrogens with two attached hydrogens (primary N) is 1. The minimum absolute atomic E-state index is 0.229. The molecular formula is C14H18N4. The first kappa shape index (κ1) is 11.4. The lowest BCUT2D eigenvalue weighted by Gasteiger charge is -2.18. The van der Waals surface area contributed by atoms with Crippen molar-refractivity contribution < 1.29 is 0 Å². The smallest absolute Gasteiger partial charge is 0.156 e. The number of hydrogen-bond donors (Lipinski definition) is 2. The average molecular weight is 242 g/mol. The Morgan fingerprint density at radius 3 is 2.67 bits per heavy atom. The Morgan fingerprint density at radius 2 is 1.94 bits per heavy atom. The molecule has 1 aliphatic carbocycles. The minimum atomic E-state index is 0.229. The number of nitrogens with one attached hydrogen (secondary N) is 1. The summed E-state index contributed by atoms with van der Waals surface area (Å²) in [7, 11) is 0. The Balaban J connectivity index is 1.99. The topological polar surface area (TPSA) is 63.8 Å². The molecule has 1 heterocycles. The number of fused-ring (bicyclic) bond motifs is 1. The molecule has 1 saturated carbocycles. The van der Waals surface area contributed by atoms with Crippen molar-refractivity contribution in [1.82, 2.24) is 10.2 Å². The number of nitrogens with zero attached hydrogens (tertiary/aromatic N) is 2. The number of anilines is 1. The molecular weight excluding hydrogens is 224 g/mol. The summed E-state index contributed by atoms with van der Waals surface area (Å²) >= 11 is 0. The van der Waals surface area contributed by atoms with Gasteiger partial charge in [-0.3, -0.25) is 0 Å². The van der Waals surface area contributed by atoms with E-state index in [0.29, 0.717) is 6.04 Å². The van der Waals surface area contributed by atoms with E-state index in [-0.39, 0.29) is 6.04 Å². The van der Waals surface area contributed by atoms with Crippen LogP contribution in [0, 0.1) is 6.92 Å². The van der Waals surface area contributed by atoms with Crippen LogP contribution in [-0.4, -0.2) is 22.3 Å². The van der Waals surface area contributed by atoms with Crippen LogP contribution < -0.4 is 11.1 Å². The normalized spacial score (nSPS) is 23.4. The summed E-state index contributed by atoms with van der Waals surface area (Å²) in [6.07, 6.45) is 3.40. The monoisotopic (exact) mass is 242 g/mol. The highest BCUT2D eigenvalue weighted by Crippen LogP contribution is 2.26. The van der Waals surface area contributed by atoms with Crippen LogP contribution in [0.5, 0.6) is 0 Å². The van der Waals surface area contributed by atoms with Gasteiger partial charge in [0.15, 0.2) is 5.82 Å². The Labute approximate surface area is 107 Å². The van der Waals surface area contributed by atoms with Crippen molar-refractivity contribution in [1.29, 1.82) is 0 Å². The Morgan fingerprint density at radius 1 is 1.17 bits per heavy atom. The van der Waals surface area contributed by atoms with E-state index < -0.39 is 0 Å². The highest BCUT2D eigenvalue weighted by molar-refractivity contribution is 5.92. The SMILES string of the molecule is Cc1nnc(NC2CCCC2N)c2ccccc12. The lowest BCUT2D eigenvalue weighted by Crippen LogP contribution is -2.35. The van der Waals surface area contributed by atoms with Crippen molar-refractivity contribution >= 4 is 16.6 Å². The molecule has 0 spiro atoms. The van der Waals surface area contributed by atoms with Crippen LogP contribution in [0.15, 0.2) is 24.3 Å². The second-order valence-electron chi connectivity index (χ2n) is 5.03. The van der Waals surface area contributed by atoms with Crippen LogP contribution >= 0.6 is 0 Å². The van der Waals surface area contributed by atoms with Crippen molar-refractivity contribution in [3.05, 3.63) is 30.0 Å². The number of rotatable bonds is 2. The molecule has 3 rings (SSSR count). The first-order valence-corrected chi connectivity index (χ1v) is 6.50. The number of hydrogen-bond acceptors (Lipinski definition) is 4. The fraction of sp³-hybridized carbons (Fsp3) is 0.429. The van der Waals surface area contributed by atoms with Gasteiger partial charge in [0.2, 0.25) is 0 Å². The third kappa shape index (κ3) is 1.93. The molecule has 3 N–H and O–H groups in total. The molecule has 0 bridgehead atoms. The highest BCUT2D eigenvalue weighted by atomic mass is 15.2. The summed E-state index contributed by atoms with van der Waals surface area (Å²) in [5.41, 5.74) is 7.05. The molecule has 0 saturated heterocycles. The fourth-order valence-electron chi connectivity index (χ4n) is 2.69. The molecule has 2 unspecified atom stereocenters. The van der Waals surface area contributed by atoms with Gasteiger partial charge in [0.25, 0.3) is 0 Å². The van der Waals surface area contributed by atoms with E-state index in [1.807, 2.05) is 19.1 Å². The third-order valence-electron chi connectivity index (χ3n) is 3.76. The zero-order chi connectivity index (χ0) is 12.5. The predicted octanol–water partition coefficient (Wildman–Crippen LogP) is 2.23. The predicted molar refractivity (Wildman–Crippen MR) is 73.5 cm³/mol. The second-order valence-corrected chi connectivity index (χ2v) is 5.03. The molecule has 2 atom stereocenters. The Hall–Kier alpha value is -1.68. The molecule has 0 aliphatic heterocycles. The van der Waals surface area contributed by atoms with E-state index in [2.05, 4.69) is 27.6 Å². The summed E-state index contributed by atoms with van der Waals surface area (Å²) in [6, 6.07) is 8.78. The van der Waals surface area contributed by atoms with Crippen molar-refractivity contribution in [3.8, 4) is 0 Å². The van der Waals surface area contributed by atoms with Crippen LogP contribution in [-0.2, 0) is 0 Å². The van der Waals surface area contributed by atoms with Crippen LogP contribution in [0.4, 0.5) is 5.82 Å². The summed E-state index contributed by atoms with van der Waals surface area (Å²) in [4.78, 5) is 0. The highest BCUT2D eigenvalue weighted by Gasteiger charge is 2.24. The van der Waals surface area contributed by atoms with E-state index in [1.165, 1.54) is 6.42 Å². The van der Waals surface area contributed by atoms with Crippen LogP contribution in [0.3, 0.4) is 0 Å². The van der Waals surface area contributed by atoms with Crippen LogP contribution in [0.1, 0.15) is 25.0 Å². The van der Waals surface area contributed by atoms with Gasteiger partial charge in [0.05, 0.1) is 5.69 Å². The summed E-state index contributed by atoms with van der Waals surface area (Å²) < 4.78 is 0. The van der Waals surface area contributed by atoms with Gasteiger partial charge < -0.3 is 11.1 Å². The molecule has 0 radical (unpaired) electrons. The van der Waals surface area contributed by atoms with Crippen molar-refractivity contribution in [2.24, 2.45) is 5.73 Å². The first-order chi connectivity index (χ1) is 8.75. The molecule has 18 heavy (non-hydrogen) atoms. The van der Waals surface area contributed by atoms with Gasteiger partial charge >= 0.3 is 0 Å². The van der Waals surface area contributed by atoms with Crippen molar-refractivity contribution in [2.45, 2.75) is 38.3 Å². The maximum absolute atomic E-state index is 6.09. The molecule has 1 fully saturated rings. The lowest BCUT2D eigenvalue weighted by atomic mass is 10.1. The third-order valence-corrected chi connectivity index (χ3v) is 3.76. The number of benzene rings is 1. The van der Waals surface area contributed by atoms with Crippen molar-refractivity contribution in [3.63, 3.8) is 0 Å². The number of aromatic nitrogens is 2. The molecule has 1 aromatic heterocycles. The van der Waals surface area contributed by atoms with E-state index in [4.69, 9.17) is 5.73 Å². The van der Waals surface area contributed by atoms with E-state index >= 15 is 0 Å². The Kier molecular flexibility index (Phi) is 2.88. The minimum Gasteiger partial charge on any atom is -0.364 e. The quantitative estimate of drug-likeness (QED) is 0.847. The average Bonchev–Trinajstić information content (AvgIpc) is 2.79. The van der Waals surface area contributed by atoms with Gasteiger partial charge in [0, 0.05) is 22.9 Å². The fourth-order valence-corrected chi connectivity index (χ4v) is 2.69. The summed E-state index contributed by atoms with van der Waals surface area (Å²) in [5.74, 6) is 0.860. The van der Waals surface area contributed by atoms with Gasteiger partial charge in [-0.15, -0.1) is 5.10 Å². The molecule has 1 aliphatic rings. The van der Waals surface area contributed by atoms with Crippen LogP contribution in [0.25, 0.3) is 10.8 Å². The zero-order valence-corrected chi connectivity index (χ0v) is 10.6. The Bertz CT molecular complexity index is 567. The lowest BCUT2D eigenvalue weighted by molar-refractivity contribution is 0.635. The molecule has 94 valence electrons. The van der Waals surface area contributed by atoms with E-state index in [1.54, 1.807) is 0 Å². The van der Waals surface area contributed by atoms with Gasteiger partial charge in [-0.2, -0.15) is 5.10 Å². The number of aryl methyl sites for hydroxylation is 1. The standard InChI is InChI=1S/C14H18N4/c1-9-10-5-2-3-6-11(10)14(18-17-9)16-13-8-4-7-12(13)15/h2-3,5-6,12-13H,4,7-8,15H2,1H3,(H,16,18). The maximum atomic E-state index is 6.09. The molecule has 4 nitrogen and oxygen atoms in total. The molecule has 4 heteroatoms.